The summed E-state index contributed by atoms with van der Waals surface area (Å²) >= 11 is 3.31. The molecule has 2 aromatic carbocycles. The van der Waals surface area contributed by atoms with Gasteiger partial charge in [-0.25, -0.2) is 8.42 Å². The Morgan fingerprint density at radius 1 is 1.03 bits per heavy atom. The van der Waals surface area contributed by atoms with E-state index in [1.165, 1.54) is 12.1 Å². The van der Waals surface area contributed by atoms with Crippen LogP contribution in [0.4, 0.5) is 0 Å². The maximum atomic E-state index is 13.2. The molecule has 1 aliphatic rings. The molecule has 156 valence electrons. The van der Waals surface area contributed by atoms with Gasteiger partial charge in [0.2, 0.25) is 15.9 Å². The molecule has 1 amide bonds. The Kier molecular flexibility index (Phi) is 7.45. The van der Waals surface area contributed by atoms with Crippen molar-refractivity contribution in [3.63, 3.8) is 0 Å². The van der Waals surface area contributed by atoms with E-state index >= 15 is 0 Å². The highest BCUT2D eigenvalue weighted by atomic mass is 79.9. The topological polar surface area (TPSA) is 69.7 Å². The fraction of sp³-hybridized carbons (Fsp3) is 0.381. The quantitative estimate of drug-likeness (QED) is 0.662. The summed E-state index contributed by atoms with van der Waals surface area (Å²) < 4.78 is 29.3. The Labute approximate surface area is 181 Å². The number of carbonyl (C=O) groups is 1. The van der Waals surface area contributed by atoms with Crippen LogP contribution >= 0.6 is 15.9 Å². The fourth-order valence-electron chi connectivity index (χ4n) is 3.40. The fourth-order valence-corrected chi connectivity index (χ4v) is 4.86. The number of amides is 1. The smallest absolute Gasteiger partial charge is 0.241 e. The minimum Gasteiger partial charge on any atom is -0.339 e. The van der Waals surface area contributed by atoms with E-state index in [9.17, 15) is 13.2 Å². The van der Waals surface area contributed by atoms with Crippen molar-refractivity contribution in [1.29, 1.82) is 0 Å². The van der Waals surface area contributed by atoms with Crippen LogP contribution in [-0.2, 0) is 21.2 Å². The molecule has 3 rings (SSSR count). The van der Waals surface area contributed by atoms with Crippen LogP contribution in [-0.4, -0.2) is 62.9 Å². The second-order valence-corrected chi connectivity index (χ2v) is 9.71. The van der Waals surface area contributed by atoms with Gasteiger partial charge in [0.05, 0.1) is 4.90 Å². The number of carbonyl (C=O) groups excluding carboxylic acids is 1. The summed E-state index contributed by atoms with van der Waals surface area (Å²) in [5, 5.41) is 0. The second-order valence-electron chi connectivity index (χ2n) is 7.08. The number of likely N-dealkylation sites (N-methyl/N-ethyl adjacent to an activating group) is 1. The lowest BCUT2D eigenvalue weighted by Gasteiger charge is -2.36. The number of sulfonamides is 1. The molecular weight excluding hydrogens is 454 g/mol. The van der Waals surface area contributed by atoms with Crippen molar-refractivity contribution in [2.24, 2.45) is 0 Å². The van der Waals surface area contributed by atoms with Gasteiger partial charge in [-0.2, -0.15) is 4.72 Å². The lowest BCUT2D eigenvalue weighted by atomic mass is 10.1. The molecule has 1 atom stereocenters. The molecule has 1 fully saturated rings. The summed E-state index contributed by atoms with van der Waals surface area (Å²) in [7, 11) is -3.82. The van der Waals surface area contributed by atoms with Gasteiger partial charge in [-0.15, -0.1) is 0 Å². The van der Waals surface area contributed by atoms with Crippen molar-refractivity contribution in [1.82, 2.24) is 14.5 Å². The highest BCUT2D eigenvalue weighted by Gasteiger charge is 2.31. The molecule has 1 saturated heterocycles. The van der Waals surface area contributed by atoms with Crippen molar-refractivity contribution in [2.75, 3.05) is 32.7 Å². The average Bonchev–Trinajstić information content (AvgIpc) is 2.74. The van der Waals surface area contributed by atoms with Crippen LogP contribution in [0.15, 0.2) is 64.0 Å². The normalized spacial score (nSPS) is 16.6. The third-order valence-corrected chi connectivity index (χ3v) is 7.15. The standard InChI is InChI=1S/C21H26BrN3O3S/c1-2-24-12-14-25(15-13-24)21(26)20(16-17-6-4-3-5-7-17)23-29(27,28)19-10-8-18(22)9-11-19/h3-11,20,23H,2,12-16H2,1H3/t20-/m0/s1. The van der Waals surface area contributed by atoms with E-state index in [4.69, 9.17) is 0 Å². The zero-order valence-corrected chi connectivity index (χ0v) is 18.8. The molecule has 1 N–H and O–H groups in total. The summed E-state index contributed by atoms with van der Waals surface area (Å²) in [6.45, 7) is 5.88. The van der Waals surface area contributed by atoms with Gasteiger partial charge < -0.3 is 9.80 Å². The number of rotatable bonds is 7. The molecule has 0 radical (unpaired) electrons. The van der Waals surface area contributed by atoms with Crippen LogP contribution in [0.2, 0.25) is 0 Å². The molecule has 0 aromatic heterocycles. The Morgan fingerprint density at radius 3 is 2.24 bits per heavy atom. The summed E-state index contributed by atoms with van der Waals surface area (Å²) in [5.74, 6) is -0.176. The minimum atomic E-state index is -3.82. The van der Waals surface area contributed by atoms with Gasteiger partial charge in [0.1, 0.15) is 6.04 Å². The third kappa shape index (κ3) is 5.88. The van der Waals surface area contributed by atoms with Gasteiger partial charge in [0.15, 0.2) is 0 Å². The largest absolute Gasteiger partial charge is 0.339 e. The molecule has 29 heavy (non-hydrogen) atoms. The van der Waals surface area contributed by atoms with Crippen LogP contribution in [0.1, 0.15) is 12.5 Å². The van der Waals surface area contributed by atoms with Crippen molar-refractivity contribution < 1.29 is 13.2 Å². The summed E-state index contributed by atoms with van der Waals surface area (Å²) in [5.41, 5.74) is 0.913. The van der Waals surface area contributed by atoms with E-state index in [1.807, 2.05) is 30.3 Å². The summed E-state index contributed by atoms with van der Waals surface area (Å²) in [6.07, 6.45) is 0.309. The molecule has 2 aromatic rings. The first-order chi connectivity index (χ1) is 13.9. The first-order valence-corrected chi connectivity index (χ1v) is 12.0. The van der Waals surface area contributed by atoms with E-state index < -0.39 is 16.1 Å². The van der Waals surface area contributed by atoms with Gasteiger partial charge in [-0.3, -0.25) is 4.79 Å². The van der Waals surface area contributed by atoms with Gasteiger partial charge in [-0.1, -0.05) is 53.2 Å². The number of halogens is 1. The molecule has 0 unspecified atom stereocenters. The van der Waals surface area contributed by atoms with Gasteiger partial charge >= 0.3 is 0 Å². The third-order valence-electron chi connectivity index (χ3n) is 5.13. The zero-order valence-electron chi connectivity index (χ0n) is 16.4. The number of benzene rings is 2. The Bertz CT molecular complexity index is 912. The van der Waals surface area contributed by atoms with Crippen molar-refractivity contribution in [3.8, 4) is 0 Å². The molecule has 1 heterocycles. The first kappa shape index (κ1) is 22.0. The minimum absolute atomic E-state index is 0.141. The van der Waals surface area contributed by atoms with Crippen molar-refractivity contribution in [2.45, 2.75) is 24.3 Å². The Hall–Kier alpha value is -1.74. The maximum Gasteiger partial charge on any atom is 0.241 e. The number of nitrogens with zero attached hydrogens (tertiary/aromatic N) is 2. The van der Waals surface area contributed by atoms with Gasteiger partial charge in [0.25, 0.3) is 0 Å². The number of hydrogen-bond donors (Lipinski definition) is 1. The molecule has 0 aliphatic carbocycles. The molecule has 6 nitrogen and oxygen atoms in total. The van der Waals surface area contributed by atoms with Crippen LogP contribution in [0, 0.1) is 0 Å². The predicted octanol–water partition coefficient (Wildman–Crippen LogP) is 2.50. The molecule has 0 bridgehead atoms. The van der Waals surface area contributed by atoms with E-state index in [-0.39, 0.29) is 10.8 Å². The number of piperazine rings is 1. The van der Waals surface area contributed by atoms with Crippen LogP contribution in [0.25, 0.3) is 0 Å². The van der Waals surface area contributed by atoms with Crippen LogP contribution in [0.3, 0.4) is 0 Å². The highest BCUT2D eigenvalue weighted by Crippen LogP contribution is 2.17. The second kappa shape index (κ2) is 9.84. The van der Waals surface area contributed by atoms with E-state index in [1.54, 1.807) is 17.0 Å². The average molecular weight is 480 g/mol. The predicted molar refractivity (Wildman–Crippen MR) is 117 cm³/mol. The summed E-state index contributed by atoms with van der Waals surface area (Å²) in [6, 6.07) is 15.0. The van der Waals surface area contributed by atoms with Gasteiger partial charge in [0, 0.05) is 30.7 Å². The molecule has 0 saturated carbocycles. The van der Waals surface area contributed by atoms with Gasteiger partial charge in [-0.05, 0) is 42.8 Å². The number of nitrogens with one attached hydrogen (secondary N) is 1. The molecule has 0 spiro atoms. The van der Waals surface area contributed by atoms with Crippen LogP contribution in [0.5, 0.6) is 0 Å². The van der Waals surface area contributed by atoms with E-state index in [0.717, 1.165) is 29.7 Å². The summed E-state index contributed by atoms with van der Waals surface area (Å²) in [4.78, 5) is 17.4. The lowest BCUT2D eigenvalue weighted by molar-refractivity contribution is -0.134. The first-order valence-electron chi connectivity index (χ1n) is 9.72. The van der Waals surface area contributed by atoms with Crippen molar-refractivity contribution >= 4 is 31.9 Å². The maximum absolute atomic E-state index is 13.2. The molecular formula is C21H26BrN3O3S. The zero-order chi connectivity index (χ0) is 20.9. The Morgan fingerprint density at radius 2 is 1.66 bits per heavy atom. The van der Waals surface area contributed by atoms with Crippen molar-refractivity contribution in [3.05, 3.63) is 64.6 Å². The highest BCUT2D eigenvalue weighted by molar-refractivity contribution is 9.10. The van der Waals surface area contributed by atoms with E-state index in [2.05, 4.69) is 32.5 Å². The number of hydrogen-bond acceptors (Lipinski definition) is 4. The monoisotopic (exact) mass is 479 g/mol. The SMILES string of the molecule is CCN1CCN(C(=O)[C@H](Cc2ccccc2)NS(=O)(=O)c2ccc(Br)cc2)CC1. The molecule has 1 aliphatic heterocycles. The van der Waals surface area contributed by atoms with Crippen LogP contribution < -0.4 is 4.72 Å². The Balaban J connectivity index is 1.81. The molecule has 8 heteroatoms. The lowest BCUT2D eigenvalue weighted by Crippen LogP contribution is -2.55. The van der Waals surface area contributed by atoms with E-state index in [0.29, 0.717) is 19.5 Å².